The molecule has 2 amide bonds. The Hall–Kier alpha value is -3.86. The van der Waals surface area contributed by atoms with Gasteiger partial charge in [0.15, 0.2) is 10.9 Å². The van der Waals surface area contributed by atoms with E-state index in [0.717, 1.165) is 11.3 Å². The fraction of sp³-hybridized carbons (Fsp3) is 0.158. The van der Waals surface area contributed by atoms with Crippen LogP contribution in [0.15, 0.2) is 46.5 Å². The van der Waals surface area contributed by atoms with Gasteiger partial charge in [-0.25, -0.2) is 9.67 Å². The van der Waals surface area contributed by atoms with Crippen molar-refractivity contribution < 1.29 is 14.0 Å². The third-order valence-corrected chi connectivity index (χ3v) is 4.96. The summed E-state index contributed by atoms with van der Waals surface area (Å²) in [5.74, 6) is 0.784. The summed E-state index contributed by atoms with van der Waals surface area (Å²) in [6, 6.07) is 8.81. The summed E-state index contributed by atoms with van der Waals surface area (Å²) < 4.78 is 7.22. The number of nitrogens with zero attached hydrogens (tertiary/aromatic N) is 5. The van der Waals surface area contributed by atoms with Gasteiger partial charge < -0.3 is 9.73 Å². The quantitative estimate of drug-likeness (QED) is 0.488. The van der Waals surface area contributed by atoms with E-state index in [1.54, 1.807) is 35.7 Å². The van der Waals surface area contributed by atoms with Gasteiger partial charge in [-0.1, -0.05) is 0 Å². The highest BCUT2D eigenvalue weighted by Gasteiger charge is 2.14. The molecule has 3 heterocycles. The number of hydrogen-bond donors (Lipinski definition) is 2. The van der Waals surface area contributed by atoms with Gasteiger partial charge >= 0.3 is 0 Å². The first-order valence-electron chi connectivity index (χ1n) is 8.94. The first-order chi connectivity index (χ1) is 14.5. The summed E-state index contributed by atoms with van der Waals surface area (Å²) in [6.07, 6.45) is 1.50. The van der Waals surface area contributed by atoms with Crippen molar-refractivity contribution in [3.8, 4) is 17.1 Å². The topological polar surface area (TPSA) is 128 Å². The average molecular weight is 423 g/mol. The molecule has 0 atom stereocenters. The second kappa shape index (κ2) is 8.25. The van der Waals surface area contributed by atoms with Crippen molar-refractivity contribution >= 4 is 28.3 Å². The van der Waals surface area contributed by atoms with Gasteiger partial charge in [0.1, 0.15) is 17.8 Å². The molecule has 0 fully saturated rings. The Labute approximate surface area is 174 Å². The monoisotopic (exact) mass is 423 g/mol. The standard InChI is InChI=1S/C19H17N7O3S/c1-11-7-13(3-5-16(11)26-10-21-24-25-26)18(28)23-19-22-15(9-30-19)17-6-4-14(29-17)8-20-12(2)27/h3-7,9-10H,8H2,1-2H3,(H,20,27)(H,22,23,28). The Morgan fingerprint density at radius 3 is 2.83 bits per heavy atom. The van der Waals surface area contributed by atoms with Crippen LogP contribution >= 0.6 is 11.3 Å². The van der Waals surface area contributed by atoms with E-state index >= 15 is 0 Å². The Morgan fingerprint density at radius 1 is 1.23 bits per heavy atom. The number of hydrogen-bond acceptors (Lipinski definition) is 8. The lowest BCUT2D eigenvalue weighted by molar-refractivity contribution is -0.119. The van der Waals surface area contributed by atoms with Gasteiger partial charge in [0.25, 0.3) is 5.91 Å². The fourth-order valence-electron chi connectivity index (χ4n) is 2.76. The minimum atomic E-state index is -0.270. The maximum Gasteiger partial charge on any atom is 0.257 e. The number of benzene rings is 1. The second-order valence-electron chi connectivity index (χ2n) is 6.42. The lowest BCUT2D eigenvalue weighted by Crippen LogP contribution is -2.18. The molecule has 3 aromatic heterocycles. The van der Waals surface area contributed by atoms with Crippen LogP contribution < -0.4 is 10.6 Å². The molecule has 0 bridgehead atoms. The van der Waals surface area contributed by atoms with Gasteiger partial charge in [0.2, 0.25) is 5.91 Å². The minimum Gasteiger partial charge on any atom is -0.458 e. The molecule has 0 spiro atoms. The Morgan fingerprint density at radius 2 is 2.10 bits per heavy atom. The number of aryl methyl sites for hydroxylation is 1. The van der Waals surface area contributed by atoms with E-state index in [1.165, 1.54) is 29.3 Å². The number of rotatable bonds is 6. The Kier molecular flexibility index (Phi) is 5.35. The molecule has 4 rings (SSSR count). The molecule has 152 valence electrons. The van der Waals surface area contributed by atoms with E-state index in [-0.39, 0.29) is 11.8 Å². The molecule has 0 saturated carbocycles. The number of tetrazole rings is 1. The number of aromatic nitrogens is 5. The Balaban J connectivity index is 1.44. The predicted octanol–water partition coefficient (Wildman–Crippen LogP) is 2.58. The van der Waals surface area contributed by atoms with Crippen molar-refractivity contribution in [1.29, 1.82) is 0 Å². The summed E-state index contributed by atoms with van der Waals surface area (Å²) in [7, 11) is 0. The Bertz CT molecular complexity index is 1200. The normalized spacial score (nSPS) is 10.7. The summed E-state index contributed by atoms with van der Waals surface area (Å²) in [6.45, 7) is 3.63. The number of thiazole rings is 1. The van der Waals surface area contributed by atoms with Crippen LogP contribution in [0.5, 0.6) is 0 Å². The van der Waals surface area contributed by atoms with Crippen LogP contribution in [0.3, 0.4) is 0 Å². The molecular weight excluding hydrogens is 406 g/mol. The molecule has 4 aromatic rings. The number of anilines is 1. The summed E-state index contributed by atoms with van der Waals surface area (Å²) in [5.41, 5.74) is 2.75. The molecule has 0 unspecified atom stereocenters. The zero-order valence-corrected chi connectivity index (χ0v) is 16.9. The summed E-state index contributed by atoms with van der Waals surface area (Å²) >= 11 is 1.30. The first-order valence-corrected chi connectivity index (χ1v) is 9.82. The molecule has 0 saturated heterocycles. The number of nitrogens with one attached hydrogen (secondary N) is 2. The van der Waals surface area contributed by atoms with Crippen LogP contribution in [0.25, 0.3) is 17.1 Å². The van der Waals surface area contributed by atoms with E-state index in [2.05, 4.69) is 31.1 Å². The highest BCUT2D eigenvalue weighted by Crippen LogP contribution is 2.27. The van der Waals surface area contributed by atoms with E-state index in [1.807, 2.05) is 6.92 Å². The number of carbonyl (C=O) groups excluding carboxylic acids is 2. The summed E-state index contributed by atoms with van der Waals surface area (Å²) in [4.78, 5) is 28.0. The molecule has 30 heavy (non-hydrogen) atoms. The number of amides is 2. The lowest BCUT2D eigenvalue weighted by Gasteiger charge is -2.07. The van der Waals surface area contributed by atoms with Crippen molar-refractivity contribution in [3.63, 3.8) is 0 Å². The van der Waals surface area contributed by atoms with Gasteiger partial charge in [-0.05, 0) is 53.2 Å². The largest absolute Gasteiger partial charge is 0.458 e. The highest BCUT2D eigenvalue weighted by atomic mass is 32.1. The lowest BCUT2D eigenvalue weighted by atomic mass is 10.1. The van der Waals surface area contributed by atoms with Crippen LogP contribution in [-0.2, 0) is 11.3 Å². The third kappa shape index (κ3) is 4.25. The molecule has 11 heteroatoms. The van der Waals surface area contributed by atoms with E-state index < -0.39 is 0 Å². The van der Waals surface area contributed by atoms with Crippen LogP contribution in [0.1, 0.15) is 28.6 Å². The zero-order chi connectivity index (χ0) is 21.1. The molecule has 2 N–H and O–H groups in total. The number of furan rings is 1. The highest BCUT2D eigenvalue weighted by molar-refractivity contribution is 7.14. The van der Waals surface area contributed by atoms with Gasteiger partial charge in [-0.2, -0.15) is 0 Å². The van der Waals surface area contributed by atoms with E-state index in [4.69, 9.17) is 4.42 Å². The van der Waals surface area contributed by atoms with Crippen LogP contribution in [0.4, 0.5) is 5.13 Å². The van der Waals surface area contributed by atoms with Crippen molar-refractivity contribution in [2.75, 3.05) is 5.32 Å². The minimum absolute atomic E-state index is 0.132. The van der Waals surface area contributed by atoms with Crippen molar-refractivity contribution in [2.45, 2.75) is 20.4 Å². The van der Waals surface area contributed by atoms with Crippen molar-refractivity contribution in [1.82, 2.24) is 30.5 Å². The van der Waals surface area contributed by atoms with Crippen LogP contribution in [-0.4, -0.2) is 37.0 Å². The molecule has 0 radical (unpaired) electrons. The molecule has 1 aromatic carbocycles. The predicted molar refractivity (Wildman–Crippen MR) is 109 cm³/mol. The summed E-state index contributed by atoms with van der Waals surface area (Å²) in [5, 5.41) is 18.8. The fourth-order valence-corrected chi connectivity index (χ4v) is 3.46. The van der Waals surface area contributed by atoms with Gasteiger partial charge in [0, 0.05) is 17.9 Å². The zero-order valence-electron chi connectivity index (χ0n) is 16.1. The SMILES string of the molecule is CC(=O)NCc1ccc(-c2csc(NC(=O)c3ccc(-n4cnnn4)c(C)c3)n2)o1. The van der Waals surface area contributed by atoms with Gasteiger partial charge in [0.05, 0.1) is 12.2 Å². The second-order valence-corrected chi connectivity index (χ2v) is 7.28. The van der Waals surface area contributed by atoms with Crippen molar-refractivity contribution in [3.05, 3.63) is 58.9 Å². The van der Waals surface area contributed by atoms with Crippen molar-refractivity contribution in [2.24, 2.45) is 0 Å². The van der Waals surface area contributed by atoms with E-state index in [9.17, 15) is 9.59 Å². The molecule has 10 nitrogen and oxygen atoms in total. The average Bonchev–Trinajstić information content (AvgIpc) is 3.47. The molecule has 0 aliphatic heterocycles. The first kappa shape index (κ1) is 19.5. The maximum atomic E-state index is 12.6. The molecule has 0 aliphatic carbocycles. The van der Waals surface area contributed by atoms with Gasteiger partial charge in [-0.3, -0.25) is 14.9 Å². The van der Waals surface area contributed by atoms with Crippen LogP contribution in [0, 0.1) is 6.92 Å². The smallest absolute Gasteiger partial charge is 0.257 e. The van der Waals surface area contributed by atoms with Gasteiger partial charge in [-0.15, -0.1) is 16.4 Å². The van der Waals surface area contributed by atoms with Crippen LogP contribution in [0.2, 0.25) is 0 Å². The molecule has 0 aliphatic rings. The van der Waals surface area contributed by atoms with E-state index in [0.29, 0.717) is 34.5 Å². The molecular formula is C19H17N7O3S. The third-order valence-electron chi connectivity index (χ3n) is 4.21. The maximum absolute atomic E-state index is 12.6. The number of carbonyl (C=O) groups is 2.